The van der Waals surface area contributed by atoms with Crippen LogP contribution in [-0.2, 0) is 15.0 Å². The molecule has 0 saturated heterocycles. The molecule has 1 aliphatic carbocycles. The highest BCUT2D eigenvalue weighted by molar-refractivity contribution is 6.06. The lowest BCUT2D eigenvalue weighted by atomic mass is 9.69. The minimum atomic E-state index is -0.691. The first-order chi connectivity index (χ1) is 8.43. The fraction of sp³-hybridized carbons (Fsp3) is 0.385. The lowest BCUT2D eigenvalue weighted by molar-refractivity contribution is -0.384. The molecule has 0 N–H and O–H groups in total. The Hall–Kier alpha value is -2.04. The van der Waals surface area contributed by atoms with Crippen molar-refractivity contribution in [2.24, 2.45) is 0 Å². The summed E-state index contributed by atoms with van der Waals surface area (Å²) in [6.07, 6.45) is 0.829. The van der Waals surface area contributed by atoms with Gasteiger partial charge in [0.25, 0.3) is 5.69 Å². The smallest absolute Gasteiger partial charge is 0.269 e. The number of benzene rings is 1. The van der Waals surface area contributed by atoms with Crippen LogP contribution < -0.4 is 0 Å². The summed E-state index contributed by atoms with van der Waals surface area (Å²) >= 11 is 0. The first-order valence-electron chi connectivity index (χ1n) is 5.73. The standard InChI is InChI=1S/C13H13NO4/c1-13(7-6-11(15)8-12(13)16)9-2-4-10(5-3-9)14(17)18/h2-5H,6-8H2,1H3. The van der Waals surface area contributed by atoms with E-state index in [9.17, 15) is 19.7 Å². The summed E-state index contributed by atoms with van der Waals surface area (Å²) < 4.78 is 0. The highest BCUT2D eigenvalue weighted by atomic mass is 16.6. The van der Waals surface area contributed by atoms with E-state index in [-0.39, 0.29) is 23.7 Å². The van der Waals surface area contributed by atoms with Crippen molar-refractivity contribution in [3.63, 3.8) is 0 Å². The highest BCUT2D eigenvalue weighted by Crippen LogP contribution is 2.35. The fourth-order valence-electron chi connectivity index (χ4n) is 2.25. The Kier molecular flexibility index (Phi) is 2.98. The molecule has 0 amide bonds. The Morgan fingerprint density at radius 1 is 1.22 bits per heavy atom. The maximum atomic E-state index is 12.0. The first-order valence-corrected chi connectivity index (χ1v) is 5.73. The van der Waals surface area contributed by atoms with Gasteiger partial charge in [0.1, 0.15) is 11.6 Å². The van der Waals surface area contributed by atoms with Gasteiger partial charge < -0.3 is 0 Å². The Labute approximate surface area is 104 Å². The maximum Gasteiger partial charge on any atom is 0.269 e. The van der Waals surface area contributed by atoms with Crippen molar-refractivity contribution < 1.29 is 14.5 Å². The molecule has 1 fully saturated rings. The Morgan fingerprint density at radius 3 is 2.33 bits per heavy atom. The molecule has 0 bridgehead atoms. The Morgan fingerprint density at radius 2 is 1.83 bits per heavy atom. The van der Waals surface area contributed by atoms with Gasteiger partial charge in [-0.1, -0.05) is 12.1 Å². The molecule has 2 rings (SSSR count). The van der Waals surface area contributed by atoms with Crippen LogP contribution in [0.1, 0.15) is 31.7 Å². The Bertz CT molecular complexity index is 520. The van der Waals surface area contributed by atoms with Gasteiger partial charge in [-0.25, -0.2) is 0 Å². The molecule has 1 aliphatic rings. The molecule has 0 radical (unpaired) electrons. The molecule has 0 aromatic heterocycles. The van der Waals surface area contributed by atoms with Crippen LogP contribution in [0.5, 0.6) is 0 Å². The van der Waals surface area contributed by atoms with E-state index in [1.807, 2.05) is 0 Å². The monoisotopic (exact) mass is 247 g/mol. The second kappa shape index (κ2) is 4.33. The largest absolute Gasteiger partial charge is 0.299 e. The normalized spacial score (nSPS) is 24.1. The molecule has 0 heterocycles. The molecular formula is C13H13NO4. The lowest BCUT2D eigenvalue weighted by Gasteiger charge is -2.31. The summed E-state index contributed by atoms with van der Waals surface area (Å²) in [4.78, 5) is 33.3. The summed E-state index contributed by atoms with van der Waals surface area (Å²) in [5.41, 5.74) is 0.0514. The number of carbonyl (C=O) groups excluding carboxylic acids is 2. The number of carbonyl (C=O) groups is 2. The molecule has 1 saturated carbocycles. The van der Waals surface area contributed by atoms with Gasteiger partial charge in [-0.15, -0.1) is 0 Å². The van der Waals surface area contributed by atoms with Gasteiger partial charge in [0, 0.05) is 18.6 Å². The number of Topliss-reactive ketones (excluding diaryl/α,β-unsaturated/α-hetero) is 2. The average Bonchev–Trinajstić information content (AvgIpc) is 2.34. The zero-order valence-corrected chi connectivity index (χ0v) is 10.0. The molecule has 5 heteroatoms. The number of nitro groups is 1. The van der Waals surface area contributed by atoms with E-state index in [1.165, 1.54) is 12.1 Å². The van der Waals surface area contributed by atoms with Crippen molar-refractivity contribution in [3.8, 4) is 0 Å². The zero-order chi connectivity index (χ0) is 13.3. The number of hydrogen-bond acceptors (Lipinski definition) is 4. The van der Waals surface area contributed by atoms with Crippen LogP contribution in [0.3, 0.4) is 0 Å². The average molecular weight is 247 g/mol. The SMILES string of the molecule is CC1(c2ccc([N+](=O)[O-])cc2)CCC(=O)CC1=O. The van der Waals surface area contributed by atoms with Gasteiger partial charge >= 0.3 is 0 Å². The van der Waals surface area contributed by atoms with Gasteiger partial charge in [-0.2, -0.15) is 0 Å². The van der Waals surface area contributed by atoms with Gasteiger partial charge in [-0.05, 0) is 18.9 Å². The summed E-state index contributed by atoms with van der Waals surface area (Å²) in [6.45, 7) is 1.79. The van der Waals surface area contributed by atoms with Gasteiger partial charge in [-0.3, -0.25) is 19.7 Å². The molecular weight excluding hydrogens is 234 g/mol. The lowest BCUT2D eigenvalue weighted by Crippen LogP contribution is -2.38. The molecule has 0 aliphatic heterocycles. The van der Waals surface area contributed by atoms with Crippen molar-refractivity contribution in [2.75, 3.05) is 0 Å². The van der Waals surface area contributed by atoms with Crippen molar-refractivity contribution in [3.05, 3.63) is 39.9 Å². The summed E-state index contributed by atoms with van der Waals surface area (Å²) in [5, 5.41) is 10.6. The van der Waals surface area contributed by atoms with Crippen LogP contribution in [0.2, 0.25) is 0 Å². The van der Waals surface area contributed by atoms with E-state index in [0.717, 1.165) is 5.56 Å². The predicted molar refractivity (Wildman–Crippen MR) is 64.3 cm³/mol. The molecule has 94 valence electrons. The van der Waals surface area contributed by atoms with Crippen molar-refractivity contribution >= 4 is 17.3 Å². The maximum absolute atomic E-state index is 12.0. The van der Waals surface area contributed by atoms with Crippen LogP contribution in [0, 0.1) is 10.1 Å². The molecule has 18 heavy (non-hydrogen) atoms. The number of nitro benzene ring substituents is 1. The van der Waals surface area contributed by atoms with Crippen molar-refractivity contribution in [2.45, 2.75) is 31.6 Å². The van der Waals surface area contributed by atoms with Crippen LogP contribution in [0.25, 0.3) is 0 Å². The summed E-state index contributed by atoms with van der Waals surface area (Å²) in [5.74, 6) is -0.132. The van der Waals surface area contributed by atoms with Gasteiger partial charge in [0.15, 0.2) is 0 Å². The van der Waals surface area contributed by atoms with Gasteiger partial charge in [0.2, 0.25) is 0 Å². The number of hydrogen-bond donors (Lipinski definition) is 0. The van der Waals surface area contributed by atoms with Gasteiger partial charge in [0.05, 0.1) is 16.8 Å². The van der Waals surface area contributed by atoms with Crippen molar-refractivity contribution in [1.29, 1.82) is 0 Å². The van der Waals surface area contributed by atoms with E-state index in [0.29, 0.717) is 12.8 Å². The third kappa shape index (κ3) is 2.03. The van der Waals surface area contributed by atoms with Crippen LogP contribution in [-0.4, -0.2) is 16.5 Å². The van der Waals surface area contributed by atoms with Crippen molar-refractivity contribution in [1.82, 2.24) is 0 Å². The number of rotatable bonds is 2. The molecule has 1 unspecified atom stereocenters. The number of non-ortho nitro benzene ring substituents is 1. The predicted octanol–water partition coefficient (Wildman–Crippen LogP) is 2.17. The van der Waals surface area contributed by atoms with Crippen LogP contribution >= 0.6 is 0 Å². The minimum Gasteiger partial charge on any atom is -0.299 e. The van der Waals surface area contributed by atoms with E-state index >= 15 is 0 Å². The first kappa shape index (κ1) is 12.4. The quantitative estimate of drug-likeness (QED) is 0.456. The minimum absolute atomic E-state index is 0.00156. The van der Waals surface area contributed by atoms with E-state index in [1.54, 1.807) is 19.1 Å². The number of nitrogens with zero attached hydrogens (tertiary/aromatic N) is 1. The summed E-state index contributed by atoms with van der Waals surface area (Å²) in [6, 6.07) is 5.99. The molecule has 1 aromatic carbocycles. The fourth-order valence-corrected chi connectivity index (χ4v) is 2.25. The van der Waals surface area contributed by atoms with E-state index in [4.69, 9.17) is 0 Å². The van der Waals surface area contributed by atoms with E-state index < -0.39 is 10.3 Å². The second-order valence-corrected chi connectivity index (χ2v) is 4.77. The third-order valence-corrected chi connectivity index (χ3v) is 3.59. The summed E-state index contributed by atoms with van der Waals surface area (Å²) in [7, 11) is 0. The Balaban J connectivity index is 2.32. The van der Waals surface area contributed by atoms with Crippen LogP contribution in [0.15, 0.2) is 24.3 Å². The molecule has 1 aromatic rings. The third-order valence-electron chi connectivity index (χ3n) is 3.59. The topological polar surface area (TPSA) is 77.3 Å². The van der Waals surface area contributed by atoms with Crippen LogP contribution in [0.4, 0.5) is 5.69 Å². The second-order valence-electron chi connectivity index (χ2n) is 4.77. The molecule has 5 nitrogen and oxygen atoms in total. The number of ketones is 2. The molecule has 1 atom stereocenters. The van der Waals surface area contributed by atoms with E-state index in [2.05, 4.69) is 0 Å². The highest BCUT2D eigenvalue weighted by Gasteiger charge is 2.39. The molecule has 0 spiro atoms. The zero-order valence-electron chi connectivity index (χ0n) is 10.0.